The fourth-order valence-corrected chi connectivity index (χ4v) is 5.78. The minimum absolute atomic E-state index is 0.791. The Hall–Kier alpha value is -0.200. The Kier molecular flexibility index (Phi) is 6.04. The molecule has 2 aromatic rings. The molecule has 0 radical (unpaired) electrons. The minimum Gasteiger partial charge on any atom is -0.230 e. The molecule has 0 aliphatic rings. The van der Waals surface area contributed by atoms with Crippen molar-refractivity contribution in [1.82, 2.24) is 4.98 Å². The van der Waals surface area contributed by atoms with E-state index in [-0.39, 0.29) is 0 Å². The summed E-state index contributed by atoms with van der Waals surface area (Å²) in [4.78, 5) is 8.30. The average Bonchev–Trinajstić information content (AvgIpc) is 2.79. The first-order valence-electron chi connectivity index (χ1n) is 5.05. The maximum absolute atomic E-state index is 8.52. The molecule has 0 bridgehead atoms. The van der Waals surface area contributed by atoms with Crippen molar-refractivity contribution in [2.45, 2.75) is 4.34 Å². The van der Waals surface area contributed by atoms with Gasteiger partial charge in [0.25, 0.3) is 0 Å². The van der Waals surface area contributed by atoms with Crippen LogP contribution in [0, 0.1) is 11.5 Å². The summed E-state index contributed by atoms with van der Waals surface area (Å²) in [7, 11) is 0. The number of rotatable bonds is 3. The smallest absolute Gasteiger partial charge is 0.207 e. The van der Waals surface area contributed by atoms with Gasteiger partial charge in [0.1, 0.15) is 4.38 Å². The lowest BCUT2D eigenvalue weighted by atomic mass is 10.3. The van der Waals surface area contributed by atoms with Crippen LogP contribution in [0.5, 0.6) is 0 Å². The summed E-state index contributed by atoms with van der Waals surface area (Å²) in [5, 5.41) is 9.33. The van der Waals surface area contributed by atoms with E-state index in [0.29, 0.717) is 0 Å². The Balaban J connectivity index is 1.99. The average molecular weight is 390 g/mol. The number of thiazole rings is 1. The number of hydrogen-bond acceptors (Lipinski definition) is 7. The molecule has 1 aromatic heterocycles. The maximum atomic E-state index is 8.52. The Bertz CT molecular complexity index is 647. The highest BCUT2D eigenvalue weighted by atomic mass is 79.9. The topological polar surface area (TPSA) is 49.0 Å². The van der Waals surface area contributed by atoms with Gasteiger partial charge >= 0.3 is 0 Å². The van der Waals surface area contributed by atoms with Crippen molar-refractivity contribution < 1.29 is 0 Å². The first kappa shape index (κ1) is 15.2. The lowest BCUT2D eigenvalue weighted by molar-refractivity contribution is 1.31. The van der Waals surface area contributed by atoms with Crippen molar-refractivity contribution in [2.75, 3.05) is 11.3 Å². The van der Waals surface area contributed by atoms with E-state index in [4.69, 9.17) is 5.26 Å². The fourth-order valence-electron chi connectivity index (χ4n) is 1.25. The number of benzene rings is 1. The van der Waals surface area contributed by atoms with Crippen LogP contribution in [0.15, 0.2) is 32.0 Å². The van der Waals surface area contributed by atoms with Gasteiger partial charge in [-0.25, -0.2) is 4.98 Å². The van der Waals surface area contributed by atoms with Crippen LogP contribution < -0.4 is 0 Å². The summed E-state index contributed by atoms with van der Waals surface area (Å²) < 4.78 is 4.08. The van der Waals surface area contributed by atoms with Crippen LogP contribution in [0.2, 0.25) is 0 Å². The van der Waals surface area contributed by atoms with E-state index in [2.05, 4.69) is 32.0 Å². The third kappa shape index (κ3) is 4.39. The molecule has 0 saturated heterocycles. The SMILES string of the molecule is CSC(=NC#N)SCSc1nc2ccc(Br)cc2s1. The zero-order valence-corrected chi connectivity index (χ0v) is 14.6. The van der Waals surface area contributed by atoms with Crippen molar-refractivity contribution >= 4 is 77.1 Å². The van der Waals surface area contributed by atoms with Gasteiger partial charge < -0.3 is 0 Å². The second-order valence-electron chi connectivity index (χ2n) is 3.18. The molecule has 0 fully saturated rings. The summed E-state index contributed by atoms with van der Waals surface area (Å²) >= 11 is 9.87. The summed E-state index contributed by atoms with van der Waals surface area (Å²) in [6.45, 7) is 0. The molecular formula is C11H8BrN3S4. The molecule has 8 heteroatoms. The third-order valence-corrected chi connectivity index (χ3v) is 6.83. The molecule has 1 aromatic carbocycles. The Morgan fingerprint density at radius 2 is 2.42 bits per heavy atom. The van der Waals surface area contributed by atoms with E-state index >= 15 is 0 Å². The fraction of sp³-hybridized carbons (Fsp3) is 0.182. The van der Waals surface area contributed by atoms with Gasteiger partial charge in [0, 0.05) is 4.47 Å². The lowest BCUT2D eigenvalue weighted by Gasteiger charge is -1.97. The standard InChI is InChI=1S/C11H8BrN3S4/c1-16-10(14-5-13)17-6-18-11-15-8-3-2-7(12)4-9(8)19-11/h2-4H,6H2,1H3. The number of aliphatic imine (C=N–C) groups is 1. The number of thioether (sulfide) groups is 3. The van der Waals surface area contributed by atoms with Gasteiger partial charge in [-0.3, -0.25) is 0 Å². The summed E-state index contributed by atoms with van der Waals surface area (Å²) in [6, 6.07) is 6.09. The summed E-state index contributed by atoms with van der Waals surface area (Å²) in [5.41, 5.74) is 1.02. The van der Waals surface area contributed by atoms with E-state index in [9.17, 15) is 0 Å². The van der Waals surface area contributed by atoms with Crippen LogP contribution in [0.4, 0.5) is 0 Å². The maximum Gasteiger partial charge on any atom is 0.207 e. The summed E-state index contributed by atoms with van der Waals surface area (Å²) in [6.07, 6.45) is 3.73. The van der Waals surface area contributed by atoms with Crippen LogP contribution in [-0.2, 0) is 0 Å². The van der Waals surface area contributed by atoms with Crippen LogP contribution in [0.1, 0.15) is 0 Å². The molecular weight excluding hydrogens is 382 g/mol. The van der Waals surface area contributed by atoms with Crippen LogP contribution >= 0.6 is 62.6 Å². The zero-order chi connectivity index (χ0) is 13.7. The highest BCUT2D eigenvalue weighted by molar-refractivity contribution is 9.10. The number of nitrogens with zero attached hydrogens (tertiary/aromatic N) is 3. The largest absolute Gasteiger partial charge is 0.230 e. The van der Waals surface area contributed by atoms with Crippen molar-refractivity contribution in [1.29, 1.82) is 5.26 Å². The van der Waals surface area contributed by atoms with Crippen molar-refractivity contribution in [3.63, 3.8) is 0 Å². The van der Waals surface area contributed by atoms with E-state index in [0.717, 1.165) is 23.8 Å². The first-order valence-corrected chi connectivity index (χ1v) is 9.86. The Labute approximate surface area is 136 Å². The molecule has 0 spiro atoms. The lowest BCUT2D eigenvalue weighted by Crippen LogP contribution is -1.83. The van der Waals surface area contributed by atoms with Gasteiger partial charge in [0.05, 0.1) is 15.3 Å². The Morgan fingerprint density at radius 3 is 3.16 bits per heavy atom. The van der Waals surface area contributed by atoms with Gasteiger partial charge in [-0.1, -0.05) is 39.5 Å². The molecule has 19 heavy (non-hydrogen) atoms. The number of aromatic nitrogens is 1. The Morgan fingerprint density at radius 1 is 1.58 bits per heavy atom. The molecule has 0 aliphatic heterocycles. The van der Waals surface area contributed by atoms with Crippen LogP contribution in [-0.4, -0.2) is 20.7 Å². The summed E-state index contributed by atoms with van der Waals surface area (Å²) in [5.74, 6) is 0. The predicted molar refractivity (Wildman–Crippen MR) is 92.2 cm³/mol. The molecule has 0 N–H and O–H groups in total. The second-order valence-corrected chi connectivity index (χ2v) is 8.73. The van der Waals surface area contributed by atoms with Gasteiger partial charge in [-0.05, 0) is 24.5 Å². The molecule has 0 saturated carbocycles. The molecule has 98 valence electrons. The van der Waals surface area contributed by atoms with E-state index in [1.807, 2.05) is 24.6 Å². The minimum atomic E-state index is 0.791. The quantitative estimate of drug-likeness (QED) is 0.242. The number of fused-ring (bicyclic) bond motifs is 1. The molecule has 0 unspecified atom stereocenters. The molecule has 0 atom stereocenters. The third-order valence-electron chi connectivity index (χ3n) is 2.01. The molecule has 0 aliphatic carbocycles. The molecule has 2 rings (SSSR count). The van der Waals surface area contributed by atoms with Crippen LogP contribution in [0.25, 0.3) is 10.2 Å². The van der Waals surface area contributed by atoms with Gasteiger partial charge in [-0.2, -0.15) is 10.3 Å². The van der Waals surface area contributed by atoms with E-state index in [1.54, 1.807) is 34.9 Å². The monoisotopic (exact) mass is 389 g/mol. The highest BCUT2D eigenvalue weighted by Gasteiger charge is 2.06. The second kappa shape index (κ2) is 7.55. The molecule has 1 heterocycles. The van der Waals surface area contributed by atoms with E-state index in [1.165, 1.54) is 16.5 Å². The number of halogens is 1. The highest BCUT2D eigenvalue weighted by Crippen LogP contribution is 2.33. The first-order chi connectivity index (χ1) is 9.22. The number of hydrogen-bond donors (Lipinski definition) is 0. The van der Waals surface area contributed by atoms with E-state index < -0.39 is 0 Å². The van der Waals surface area contributed by atoms with Crippen molar-refractivity contribution in [2.24, 2.45) is 4.99 Å². The molecule has 0 amide bonds. The van der Waals surface area contributed by atoms with Gasteiger partial charge in [0.15, 0.2) is 4.34 Å². The predicted octanol–water partition coefficient (Wildman–Crippen LogP) is 5.04. The normalized spacial score (nSPS) is 11.7. The zero-order valence-electron chi connectivity index (χ0n) is 9.79. The van der Waals surface area contributed by atoms with Gasteiger partial charge in [-0.15, -0.1) is 23.1 Å². The van der Waals surface area contributed by atoms with Crippen molar-refractivity contribution in [3.05, 3.63) is 22.7 Å². The van der Waals surface area contributed by atoms with Gasteiger partial charge in [0.2, 0.25) is 6.19 Å². The van der Waals surface area contributed by atoms with Crippen LogP contribution in [0.3, 0.4) is 0 Å². The molecule has 3 nitrogen and oxygen atoms in total. The van der Waals surface area contributed by atoms with Crippen molar-refractivity contribution in [3.8, 4) is 6.19 Å². The number of nitriles is 1.